The summed E-state index contributed by atoms with van der Waals surface area (Å²) in [6, 6.07) is 9.98. The van der Waals surface area contributed by atoms with E-state index in [0.717, 1.165) is 55.6 Å². The molecule has 0 spiro atoms. The molecule has 0 atom stereocenters. The van der Waals surface area contributed by atoms with Crippen molar-refractivity contribution in [2.24, 2.45) is 0 Å². The molecule has 1 saturated heterocycles. The maximum atomic E-state index is 13.7. The second kappa shape index (κ2) is 10.7. The van der Waals surface area contributed by atoms with Gasteiger partial charge in [-0.15, -0.1) is 0 Å². The van der Waals surface area contributed by atoms with E-state index in [1.807, 2.05) is 41.1 Å². The number of halogens is 2. The molecule has 1 aromatic carbocycles. The van der Waals surface area contributed by atoms with Gasteiger partial charge in [-0.3, -0.25) is 14.6 Å². The molecule has 0 radical (unpaired) electrons. The summed E-state index contributed by atoms with van der Waals surface area (Å²) in [7, 11) is 0. The largest absolute Gasteiger partial charge is 0.350 e. The van der Waals surface area contributed by atoms with Crippen molar-refractivity contribution < 1.29 is 4.79 Å². The average molecular weight is 529 g/mol. The van der Waals surface area contributed by atoms with Gasteiger partial charge < -0.3 is 9.88 Å². The Morgan fingerprint density at radius 1 is 1.06 bits per heavy atom. The molecule has 192 valence electrons. The average Bonchev–Trinajstić information content (AvgIpc) is 3.29. The van der Waals surface area contributed by atoms with Gasteiger partial charge in [-0.2, -0.15) is 0 Å². The van der Waals surface area contributed by atoms with Crippen LogP contribution in [0.5, 0.6) is 0 Å². The van der Waals surface area contributed by atoms with Crippen LogP contribution in [-0.2, 0) is 0 Å². The lowest BCUT2D eigenvalue weighted by Gasteiger charge is -2.50. The van der Waals surface area contributed by atoms with E-state index < -0.39 is 0 Å². The minimum Gasteiger partial charge on any atom is -0.350 e. The Labute approximate surface area is 223 Å². The summed E-state index contributed by atoms with van der Waals surface area (Å²) in [5.41, 5.74) is 2.13. The van der Waals surface area contributed by atoms with Gasteiger partial charge in [-0.1, -0.05) is 48.5 Å². The van der Waals surface area contributed by atoms with Gasteiger partial charge in [0.25, 0.3) is 5.91 Å². The number of carbonyl (C=O) groups is 1. The maximum Gasteiger partial charge on any atom is 0.253 e. The van der Waals surface area contributed by atoms with Crippen LogP contribution in [0.2, 0.25) is 10.2 Å². The van der Waals surface area contributed by atoms with Gasteiger partial charge in [0.05, 0.1) is 21.8 Å². The number of amides is 1. The topological polar surface area (TPSA) is 53.4 Å². The number of pyridine rings is 1. The van der Waals surface area contributed by atoms with Gasteiger partial charge in [0, 0.05) is 62.1 Å². The number of nitrogens with zero attached hydrogens (tertiary/aromatic N) is 4. The molecule has 2 aliphatic rings. The third kappa shape index (κ3) is 4.89. The Morgan fingerprint density at radius 3 is 2.50 bits per heavy atom. The Bertz CT molecular complexity index is 1230. The molecule has 8 heteroatoms. The van der Waals surface area contributed by atoms with Crippen molar-refractivity contribution in [2.45, 2.75) is 57.5 Å². The molecule has 5 rings (SSSR count). The second-order valence-electron chi connectivity index (χ2n) is 10.4. The van der Waals surface area contributed by atoms with Crippen LogP contribution in [0.3, 0.4) is 0 Å². The quantitative estimate of drug-likeness (QED) is 0.412. The first-order valence-corrected chi connectivity index (χ1v) is 13.8. The molecule has 1 aliphatic carbocycles. The van der Waals surface area contributed by atoms with Crippen molar-refractivity contribution in [3.63, 3.8) is 0 Å². The fraction of sp³-hybridized carbons (Fsp3) is 0.500. The van der Waals surface area contributed by atoms with Crippen molar-refractivity contribution in [1.82, 2.24) is 24.7 Å². The lowest BCUT2D eigenvalue weighted by molar-refractivity contribution is 0.000839. The zero-order valence-corrected chi connectivity index (χ0v) is 22.7. The van der Waals surface area contributed by atoms with Crippen LogP contribution in [-0.4, -0.2) is 69.6 Å². The molecule has 2 fully saturated rings. The van der Waals surface area contributed by atoms with E-state index in [1.54, 1.807) is 6.20 Å². The minimum atomic E-state index is -0.0994. The number of rotatable bonds is 6. The van der Waals surface area contributed by atoms with Crippen LogP contribution >= 0.6 is 23.2 Å². The highest BCUT2D eigenvalue weighted by molar-refractivity contribution is 6.37. The van der Waals surface area contributed by atoms with Gasteiger partial charge in [0.15, 0.2) is 5.15 Å². The minimum absolute atomic E-state index is 0.0196. The molecule has 3 heterocycles. The van der Waals surface area contributed by atoms with Gasteiger partial charge in [0.1, 0.15) is 0 Å². The highest BCUT2D eigenvalue weighted by atomic mass is 35.5. The Morgan fingerprint density at radius 2 is 1.81 bits per heavy atom. The Hall–Kier alpha value is -2.12. The summed E-state index contributed by atoms with van der Waals surface area (Å²) < 4.78 is 1.91. The standard InChI is InChI=1S/C28H35Cl2N5O/c1-20(2)33-14-16-34(17-15-33)28(11-4-3-5-12-28)19-32-27(36)21-18-35(24-10-7-13-31-26(24)30)23-9-6-8-22(29)25(21)23/h6-10,13,18,20H,3-5,11-12,14-17,19H2,1-2H3,(H,32,36). The van der Waals surface area contributed by atoms with E-state index in [9.17, 15) is 4.79 Å². The molecular weight excluding hydrogens is 493 g/mol. The number of carbonyl (C=O) groups excluding carboxylic acids is 1. The first-order chi connectivity index (χ1) is 17.4. The monoisotopic (exact) mass is 527 g/mol. The van der Waals surface area contributed by atoms with Crippen molar-refractivity contribution in [3.05, 3.63) is 58.5 Å². The molecule has 1 saturated carbocycles. The zero-order valence-electron chi connectivity index (χ0n) is 21.1. The van der Waals surface area contributed by atoms with E-state index in [1.165, 1.54) is 19.3 Å². The van der Waals surface area contributed by atoms with E-state index >= 15 is 0 Å². The van der Waals surface area contributed by atoms with Crippen molar-refractivity contribution in [2.75, 3.05) is 32.7 Å². The van der Waals surface area contributed by atoms with Crippen molar-refractivity contribution in [3.8, 4) is 5.69 Å². The second-order valence-corrected chi connectivity index (χ2v) is 11.2. The summed E-state index contributed by atoms with van der Waals surface area (Å²) in [5, 5.41) is 4.99. The fourth-order valence-electron chi connectivity index (χ4n) is 6.04. The first kappa shape index (κ1) is 25.5. The van der Waals surface area contributed by atoms with Crippen LogP contribution < -0.4 is 5.32 Å². The highest BCUT2D eigenvalue weighted by Gasteiger charge is 2.40. The molecule has 1 aliphatic heterocycles. The zero-order chi connectivity index (χ0) is 25.3. The fourth-order valence-corrected chi connectivity index (χ4v) is 6.52. The van der Waals surface area contributed by atoms with Crippen LogP contribution in [0.1, 0.15) is 56.3 Å². The normalized spacial score (nSPS) is 19.1. The number of aromatic nitrogens is 2. The third-order valence-corrected chi connectivity index (χ3v) is 8.71. The van der Waals surface area contributed by atoms with Gasteiger partial charge in [-0.05, 0) is 51.0 Å². The number of piperazine rings is 1. The lowest BCUT2D eigenvalue weighted by Crippen LogP contribution is -2.62. The number of fused-ring (bicyclic) bond motifs is 1. The molecule has 0 unspecified atom stereocenters. The van der Waals surface area contributed by atoms with Gasteiger partial charge >= 0.3 is 0 Å². The van der Waals surface area contributed by atoms with E-state index in [2.05, 4.69) is 33.9 Å². The molecule has 3 aromatic rings. The van der Waals surface area contributed by atoms with E-state index in [0.29, 0.717) is 28.3 Å². The molecule has 1 amide bonds. The van der Waals surface area contributed by atoms with Crippen LogP contribution in [0.25, 0.3) is 16.6 Å². The molecule has 6 nitrogen and oxygen atoms in total. The maximum absolute atomic E-state index is 13.7. The van der Waals surface area contributed by atoms with Crippen molar-refractivity contribution >= 4 is 40.0 Å². The SMILES string of the molecule is CC(C)N1CCN(C2(CNC(=O)c3cn(-c4cccnc4Cl)c4cccc(Cl)c34)CCCCC2)CC1. The first-order valence-electron chi connectivity index (χ1n) is 13.1. The molecule has 2 aromatic heterocycles. The molecular formula is C28H35Cl2N5O. The van der Waals surface area contributed by atoms with E-state index in [-0.39, 0.29) is 11.4 Å². The summed E-state index contributed by atoms with van der Waals surface area (Å²) in [6.07, 6.45) is 9.45. The van der Waals surface area contributed by atoms with Crippen LogP contribution in [0, 0.1) is 0 Å². The van der Waals surface area contributed by atoms with Crippen LogP contribution in [0.15, 0.2) is 42.7 Å². The number of hydrogen-bond donors (Lipinski definition) is 1. The molecule has 36 heavy (non-hydrogen) atoms. The number of hydrogen-bond acceptors (Lipinski definition) is 4. The van der Waals surface area contributed by atoms with Gasteiger partial charge in [-0.25, -0.2) is 4.98 Å². The predicted molar refractivity (Wildman–Crippen MR) is 148 cm³/mol. The number of nitrogens with one attached hydrogen (secondary N) is 1. The highest BCUT2D eigenvalue weighted by Crippen LogP contribution is 2.35. The summed E-state index contributed by atoms with van der Waals surface area (Å²) in [6.45, 7) is 9.47. The lowest BCUT2D eigenvalue weighted by atomic mass is 9.79. The summed E-state index contributed by atoms with van der Waals surface area (Å²) >= 11 is 13.0. The van der Waals surface area contributed by atoms with Crippen molar-refractivity contribution in [1.29, 1.82) is 0 Å². The van der Waals surface area contributed by atoms with Gasteiger partial charge in [0.2, 0.25) is 0 Å². The summed E-state index contributed by atoms with van der Waals surface area (Å²) in [5.74, 6) is -0.0994. The molecule has 1 N–H and O–H groups in total. The molecule has 0 bridgehead atoms. The predicted octanol–water partition coefficient (Wildman–Crippen LogP) is 5.79. The Kier molecular flexibility index (Phi) is 7.59. The van der Waals surface area contributed by atoms with E-state index in [4.69, 9.17) is 23.2 Å². The summed E-state index contributed by atoms with van der Waals surface area (Å²) in [4.78, 5) is 23.1. The van der Waals surface area contributed by atoms with Crippen LogP contribution in [0.4, 0.5) is 0 Å². The third-order valence-electron chi connectivity index (χ3n) is 8.10. The smallest absolute Gasteiger partial charge is 0.253 e. The Balaban J connectivity index is 1.41. The number of benzene rings is 1.